The molecule has 0 aromatic carbocycles. The molecule has 1 amide bonds. The molecule has 2 N–H and O–H groups in total. The lowest BCUT2D eigenvalue weighted by molar-refractivity contribution is -0.118. The third-order valence-corrected chi connectivity index (χ3v) is 2.23. The van der Waals surface area contributed by atoms with E-state index in [1.165, 1.54) is 10.6 Å². The molecule has 0 aliphatic heterocycles. The van der Waals surface area contributed by atoms with Crippen molar-refractivity contribution in [3.8, 4) is 6.07 Å². The predicted molar refractivity (Wildman–Crippen MR) is 58.7 cm³/mol. The third kappa shape index (κ3) is 2.28. The number of nitrogens with two attached hydrogens (primary N) is 1. The van der Waals surface area contributed by atoms with Gasteiger partial charge in [0.1, 0.15) is 18.2 Å². The van der Waals surface area contributed by atoms with E-state index in [1.54, 1.807) is 12.1 Å². The fourth-order valence-electron chi connectivity index (χ4n) is 1.50. The topological polar surface area (TPSA) is 88.9 Å². The van der Waals surface area contributed by atoms with Crippen LogP contribution in [0.25, 0.3) is 0 Å². The Bertz CT molecular complexity index is 509. The van der Waals surface area contributed by atoms with Crippen LogP contribution in [0.5, 0.6) is 0 Å². The van der Waals surface area contributed by atoms with Crippen LogP contribution in [0.3, 0.4) is 0 Å². The van der Waals surface area contributed by atoms with Gasteiger partial charge in [-0.25, -0.2) is 0 Å². The van der Waals surface area contributed by atoms with E-state index in [0.717, 1.165) is 0 Å². The van der Waals surface area contributed by atoms with Crippen LogP contribution in [-0.4, -0.2) is 10.5 Å². The Kier molecular flexibility index (Phi) is 3.46. The summed E-state index contributed by atoms with van der Waals surface area (Å²) in [5, 5.41) is 8.73. The van der Waals surface area contributed by atoms with Gasteiger partial charge in [-0.2, -0.15) is 5.26 Å². The molecule has 5 nitrogen and oxygen atoms in total. The number of hydrogen-bond donors (Lipinski definition) is 1. The number of amides is 1. The molecular formula is C11H13N3O2. The van der Waals surface area contributed by atoms with Gasteiger partial charge in [0.05, 0.1) is 0 Å². The van der Waals surface area contributed by atoms with E-state index in [2.05, 4.69) is 0 Å². The maximum absolute atomic E-state index is 11.8. The maximum atomic E-state index is 11.8. The van der Waals surface area contributed by atoms with Crippen molar-refractivity contribution in [2.45, 2.75) is 26.3 Å². The molecule has 1 aromatic heterocycles. The number of carbonyl (C=O) groups excluding carboxylic acids is 1. The largest absolute Gasteiger partial charge is 0.368 e. The SMILES string of the molecule is CC(C)c1ccc(C#N)c(=O)n1CC(N)=O. The molecule has 0 radical (unpaired) electrons. The van der Waals surface area contributed by atoms with Gasteiger partial charge in [0.25, 0.3) is 5.56 Å². The molecule has 1 heterocycles. The molecule has 1 rings (SSSR count). The number of nitriles is 1. The Morgan fingerprint density at radius 3 is 2.62 bits per heavy atom. The Balaban J connectivity index is 3.44. The summed E-state index contributed by atoms with van der Waals surface area (Å²) in [5.41, 5.74) is 5.32. The van der Waals surface area contributed by atoms with Crippen molar-refractivity contribution in [1.29, 1.82) is 5.26 Å². The highest BCUT2D eigenvalue weighted by Crippen LogP contribution is 2.12. The van der Waals surface area contributed by atoms with Crippen molar-refractivity contribution >= 4 is 5.91 Å². The minimum Gasteiger partial charge on any atom is -0.368 e. The van der Waals surface area contributed by atoms with Crippen molar-refractivity contribution in [2.24, 2.45) is 5.73 Å². The molecule has 0 bridgehead atoms. The smallest absolute Gasteiger partial charge is 0.269 e. The van der Waals surface area contributed by atoms with Gasteiger partial charge >= 0.3 is 0 Å². The molecule has 0 atom stereocenters. The highest BCUT2D eigenvalue weighted by molar-refractivity contribution is 5.73. The Labute approximate surface area is 93.1 Å². The molecule has 5 heteroatoms. The first-order valence-electron chi connectivity index (χ1n) is 4.89. The molecule has 0 saturated carbocycles. The van der Waals surface area contributed by atoms with Crippen molar-refractivity contribution in [3.05, 3.63) is 33.7 Å². The second-order valence-electron chi connectivity index (χ2n) is 3.80. The summed E-state index contributed by atoms with van der Waals surface area (Å²) < 4.78 is 1.26. The predicted octanol–water partition coefficient (Wildman–Crippen LogP) is 0.329. The van der Waals surface area contributed by atoms with Crippen LogP contribution in [0, 0.1) is 11.3 Å². The van der Waals surface area contributed by atoms with Gasteiger partial charge in [-0.3, -0.25) is 9.59 Å². The minimum atomic E-state index is -0.598. The summed E-state index contributed by atoms with van der Waals surface area (Å²) in [6.45, 7) is 3.61. The van der Waals surface area contributed by atoms with Crippen molar-refractivity contribution in [3.63, 3.8) is 0 Å². The number of aromatic nitrogens is 1. The van der Waals surface area contributed by atoms with Gasteiger partial charge in [-0.05, 0) is 18.1 Å². The standard InChI is InChI=1S/C11H13N3O2/c1-7(2)9-4-3-8(5-12)11(16)14(9)6-10(13)15/h3-4,7H,6H2,1-2H3,(H2,13,15). The fourth-order valence-corrected chi connectivity index (χ4v) is 1.50. The van der Waals surface area contributed by atoms with E-state index in [9.17, 15) is 9.59 Å². The maximum Gasteiger partial charge on any atom is 0.269 e. The fraction of sp³-hybridized carbons (Fsp3) is 0.364. The average Bonchev–Trinajstić information content (AvgIpc) is 2.19. The van der Waals surface area contributed by atoms with Crippen molar-refractivity contribution < 1.29 is 4.79 Å². The first-order chi connectivity index (χ1) is 7.47. The summed E-state index contributed by atoms with van der Waals surface area (Å²) >= 11 is 0. The van der Waals surface area contributed by atoms with Crippen LogP contribution < -0.4 is 11.3 Å². The quantitative estimate of drug-likeness (QED) is 0.794. The molecule has 1 aromatic rings. The van der Waals surface area contributed by atoms with Crippen LogP contribution in [-0.2, 0) is 11.3 Å². The monoisotopic (exact) mass is 219 g/mol. The van der Waals surface area contributed by atoms with Gasteiger partial charge in [-0.1, -0.05) is 13.8 Å². The number of primary amides is 1. The van der Waals surface area contributed by atoms with Crippen LogP contribution in [0.2, 0.25) is 0 Å². The number of carbonyl (C=O) groups is 1. The lowest BCUT2D eigenvalue weighted by Gasteiger charge is -2.14. The molecule has 0 aliphatic rings. The molecule has 0 spiro atoms. The number of hydrogen-bond acceptors (Lipinski definition) is 3. The highest BCUT2D eigenvalue weighted by Gasteiger charge is 2.12. The lowest BCUT2D eigenvalue weighted by atomic mass is 10.1. The normalized spacial score (nSPS) is 10.1. The van der Waals surface area contributed by atoms with Gasteiger partial charge < -0.3 is 10.3 Å². The number of rotatable bonds is 3. The van der Waals surface area contributed by atoms with E-state index in [0.29, 0.717) is 5.69 Å². The molecule has 84 valence electrons. The third-order valence-electron chi connectivity index (χ3n) is 2.23. The molecule has 0 unspecified atom stereocenters. The van der Waals surface area contributed by atoms with Crippen LogP contribution in [0.15, 0.2) is 16.9 Å². The second-order valence-corrected chi connectivity index (χ2v) is 3.80. The summed E-state index contributed by atoms with van der Waals surface area (Å²) in [6.07, 6.45) is 0. The van der Waals surface area contributed by atoms with Crippen LogP contribution in [0.1, 0.15) is 31.0 Å². The molecule has 0 fully saturated rings. The van der Waals surface area contributed by atoms with E-state index < -0.39 is 11.5 Å². The van der Waals surface area contributed by atoms with E-state index in [1.807, 2.05) is 13.8 Å². The Morgan fingerprint density at radius 1 is 1.56 bits per heavy atom. The zero-order valence-corrected chi connectivity index (χ0v) is 9.23. The Morgan fingerprint density at radius 2 is 2.19 bits per heavy atom. The second kappa shape index (κ2) is 4.62. The van der Waals surface area contributed by atoms with E-state index in [-0.39, 0.29) is 18.0 Å². The zero-order chi connectivity index (χ0) is 12.3. The first-order valence-corrected chi connectivity index (χ1v) is 4.89. The summed E-state index contributed by atoms with van der Waals surface area (Å²) in [5.74, 6) is -0.515. The van der Waals surface area contributed by atoms with Gasteiger partial charge in [0, 0.05) is 5.69 Å². The molecular weight excluding hydrogens is 206 g/mol. The zero-order valence-electron chi connectivity index (χ0n) is 9.23. The van der Waals surface area contributed by atoms with Gasteiger partial charge in [0.15, 0.2) is 0 Å². The van der Waals surface area contributed by atoms with E-state index in [4.69, 9.17) is 11.0 Å². The molecule has 0 aliphatic carbocycles. The highest BCUT2D eigenvalue weighted by atomic mass is 16.2. The van der Waals surface area contributed by atoms with Gasteiger partial charge in [-0.15, -0.1) is 0 Å². The number of nitrogens with zero attached hydrogens (tertiary/aromatic N) is 2. The summed E-state index contributed by atoms with van der Waals surface area (Å²) in [4.78, 5) is 22.7. The van der Waals surface area contributed by atoms with Crippen LogP contribution in [0.4, 0.5) is 0 Å². The minimum absolute atomic E-state index is 0.0191. The summed E-state index contributed by atoms with van der Waals surface area (Å²) in [6, 6.07) is 4.93. The summed E-state index contributed by atoms with van der Waals surface area (Å²) in [7, 11) is 0. The van der Waals surface area contributed by atoms with Crippen molar-refractivity contribution in [2.75, 3.05) is 0 Å². The van der Waals surface area contributed by atoms with Crippen molar-refractivity contribution in [1.82, 2.24) is 4.57 Å². The number of pyridine rings is 1. The van der Waals surface area contributed by atoms with Gasteiger partial charge in [0.2, 0.25) is 5.91 Å². The lowest BCUT2D eigenvalue weighted by Crippen LogP contribution is -2.32. The first kappa shape index (κ1) is 12.0. The van der Waals surface area contributed by atoms with E-state index >= 15 is 0 Å². The average molecular weight is 219 g/mol. The molecule has 16 heavy (non-hydrogen) atoms. The molecule has 0 saturated heterocycles. The van der Waals surface area contributed by atoms with Crippen LogP contribution >= 0.6 is 0 Å². The Hall–Kier alpha value is -2.09.